The van der Waals surface area contributed by atoms with Crippen LogP contribution in [0.3, 0.4) is 0 Å². The molecule has 120 valence electrons. The Morgan fingerprint density at radius 1 is 1.04 bits per heavy atom. The second-order valence-electron chi connectivity index (χ2n) is 5.39. The number of piperazine rings is 1. The number of rotatable bonds is 2. The Balaban J connectivity index is 1.57. The molecule has 1 N–H and O–H groups in total. The zero-order chi connectivity index (χ0) is 16.2. The van der Waals surface area contributed by atoms with Gasteiger partial charge in [-0.2, -0.15) is 0 Å². The van der Waals surface area contributed by atoms with E-state index in [1.54, 1.807) is 12.1 Å². The average Bonchev–Trinajstić information content (AvgIpc) is 2.55. The molecule has 1 aliphatic rings. The first-order chi connectivity index (χ1) is 11.1. The van der Waals surface area contributed by atoms with Gasteiger partial charge in [0.15, 0.2) is 0 Å². The number of halogens is 2. The van der Waals surface area contributed by atoms with Crippen molar-refractivity contribution in [2.75, 3.05) is 36.4 Å². The van der Waals surface area contributed by atoms with Gasteiger partial charge in [-0.1, -0.05) is 39.7 Å². The summed E-state index contributed by atoms with van der Waals surface area (Å²) in [6.07, 6.45) is 0. The number of urea groups is 1. The van der Waals surface area contributed by atoms with Crippen molar-refractivity contribution in [2.24, 2.45) is 0 Å². The molecule has 0 aliphatic carbocycles. The van der Waals surface area contributed by atoms with Crippen molar-refractivity contribution in [3.8, 4) is 0 Å². The molecule has 0 unspecified atom stereocenters. The molecule has 2 amide bonds. The number of benzene rings is 2. The van der Waals surface area contributed by atoms with Crippen LogP contribution in [0, 0.1) is 0 Å². The Bertz CT molecular complexity index is 702. The van der Waals surface area contributed by atoms with E-state index in [4.69, 9.17) is 11.6 Å². The third kappa shape index (κ3) is 4.18. The SMILES string of the molecule is O=C(Nc1cccc(Cl)c1)N1CCN(c2cccc(Br)c2)CC1. The molecule has 0 aromatic heterocycles. The minimum atomic E-state index is -0.0823. The lowest BCUT2D eigenvalue weighted by molar-refractivity contribution is 0.208. The van der Waals surface area contributed by atoms with Gasteiger partial charge in [0.05, 0.1) is 0 Å². The highest BCUT2D eigenvalue weighted by atomic mass is 79.9. The lowest BCUT2D eigenvalue weighted by Gasteiger charge is -2.36. The Kier molecular flexibility index (Phi) is 5.08. The van der Waals surface area contributed by atoms with Gasteiger partial charge < -0.3 is 15.1 Å². The molecule has 1 fully saturated rings. The molecule has 1 aliphatic heterocycles. The molecule has 0 saturated carbocycles. The van der Waals surface area contributed by atoms with Gasteiger partial charge in [-0.25, -0.2) is 4.79 Å². The van der Waals surface area contributed by atoms with Crippen LogP contribution in [0.1, 0.15) is 0 Å². The van der Waals surface area contributed by atoms with Gasteiger partial charge in [-0.15, -0.1) is 0 Å². The molecule has 4 nitrogen and oxygen atoms in total. The van der Waals surface area contributed by atoms with Crippen LogP contribution in [0.5, 0.6) is 0 Å². The molecule has 1 heterocycles. The van der Waals surface area contributed by atoms with Crippen molar-refractivity contribution in [1.82, 2.24) is 4.90 Å². The van der Waals surface area contributed by atoms with E-state index >= 15 is 0 Å². The van der Waals surface area contributed by atoms with Crippen LogP contribution in [0.2, 0.25) is 5.02 Å². The highest BCUT2D eigenvalue weighted by Crippen LogP contribution is 2.21. The zero-order valence-electron chi connectivity index (χ0n) is 12.5. The minimum absolute atomic E-state index is 0.0823. The summed E-state index contributed by atoms with van der Waals surface area (Å²) in [5.41, 5.74) is 1.89. The van der Waals surface area contributed by atoms with Crippen molar-refractivity contribution in [3.63, 3.8) is 0 Å². The lowest BCUT2D eigenvalue weighted by atomic mass is 10.2. The molecular formula is C17H17BrClN3O. The first kappa shape index (κ1) is 16.1. The van der Waals surface area contributed by atoms with Crippen molar-refractivity contribution in [2.45, 2.75) is 0 Å². The van der Waals surface area contributed by atoms with E-state index in [9.17, 15) is 4.79 Å². The summed E-state index contributed by atoms with van der Waals surface area (Å²) >= 11 is 9.43. The number of nitrogens with zero attached hydrogens (tertiary/aromatic N) is 2. The van der Waals surface area contributed by atoms with Gasteiger partial charge in [-0.05, 0) is 36.4 Å². The third-order valence-electron chi connectivity index (χ3n) is 3.82. The smallest absolute Gasteiger partial charge is 0.321 e. The van der Waals surface area contributed by atoms with Gasteiger partial charge in [0.1, 0.15) is 0 Å². The van der Waals surface area contributed by atoms with E-state index in [1.807, 2.05) is 29.2 Å². The van der Waals surface area contributed by atoms with E-state index in [1.165, 1.54) is 5.69 Å². The molecular weight excluding hydrogens is 378 g/mol. The highest BCUT2D eigenvalue weighted by molar-refractivity contribution is 9.10. The number of carbonyl (C=O) groups is 1. The van der Waals surface area contributed by atoms with Gasteiger partial charge >= 0.3 is 6.03 Å². The van der Waals surface area contributed by atoms with E-state index in [0.717, 1.165) is 23.2 Å². The van der Waals surface area contributed by atoms with Gasteiger partial charge in [0.2, 0.25) is 0 Å². The molecule has 0 spiro atoms. The lowest BCUT2D eigenvalue weighted by Crippen LogP contribution is -2.50. The zero-order valence-corrected chi connectivity index (χ0v) is 14.8. The quantitative estimate of drug-likeness (QED) is 0.816. The summed E-state index contributed by atoms with van der Waals surface area (Å²) in [7, 11) is 0. The third-order valence-corrected chi connectivity index (χ3v) is 4.54. The van der Waals surface area contributed by atoms with E-state index < -0.39 is 0 Å². The Hall–Kier alpha value is -1.72. The summed E-state index contributed by atoms with van der Waals surface area (Å²) in [6.45, 7) is 3.02. The fourth-order valence-corrected chi connectivity index (χ4v) is 3.19. The van der Waals surface area contributed by atoms with Gasteiger partial charge in [0, 0.05) is 47.0 Å². The summed E-state index contributed by atoms with van der Waals surface area (Å²) in [5.74, 6) is 0. The van der Waals surface area contributed by atoms with Crippen LogP contribution in [0.15, 0.2) is 53.0 Å². The number of carbonyl (C=O) groups excluding carboxylic acids is 1. The number of amides is 2. The maximum absolute atomic E-state index is 12.3. The Labute approximate surface area is 149 Å². The molecule has 0 radical (unpaired) electrons. The molecule has 0 atom stereocenters. The molecule has 23 heavy (non-hydrogen) atoms. The normalized spacial score (nSPS) is 14.7. The molecule has 6 heteroatoms. The average molecular weight is 395 g/mol. The predicted octanol–water partition coefficient (Wildman–Crippen LogP) is 4.46. The Morgan fingerprint density at radius 2 is 1.78 bits per heavy atom. The van der Waals surface area contributed by atoms with E-state index in [2.05, 4.69) is 38.3 Å². The maximum Gasteiger partial charge on any atom is 0.321 e. The molecule has 0 bridgehead atoms. The van der Waals surface area contributed by atoms with Crippen LogP contribution in [-0.2, 0) is 0 Å². The summed E-state index contributed by atoms with van der Waals surface area (Å²) < 4.78 is 1.07. The first-order valence-corrected chi connectivity index (χ1v) is 8.61. The second kappa shape index (κ2) is 7.23. The van der Waals surface area contributed by atoms with Crippen LogP contribution in [-0.4, -0.2) is 37.1 Å². The monoisotopic (exact) mass is 393 g/mol. The van der Waals surface area contributed by atoms with Crippen molar-refractivity contribution >= 4 is 44.9 Å². The van der Waals surface area contributed by atoms with Crippen molar-refractivity contribution in [1.29, 1.82) is 0 Å². The minimum Gasteiger partial charge on any atom is -0.368 e. The number of anilines is 2. The topological polar surface area (TPSA) is 35.6 Å². The largest absolute Gasteiger partial charge is 0.368 e. The molecule has 2 aromatic carbocycles. The summed E-state index contributed by atoms with van der Waals surface area (Å²) in [5, 5.41) is 3.51. The first-order valence-electron chi connectivity index (χ1n) is 7.44. The van der Waals surface area contributed by atoms with Gasteiger partial charge in [0.25, 0.3) is 0 Å². The fourth-order valence-electron chi connectivity index (χ4n) is 2.61. The van der Waals surface area contributed by atoms with E-state index in [0.29, 0.717) is 18.1 Å². The van der Waals surface area contributed by atoms with Crippen LogP contribution in [0.25, 0.3) is 0 Å². The fraction of sp³-hybridized carbons (Fsp3) is 0.235. The summed E-state index contributed by atoms with van der Waals surface area (Å²) in [4.78, 5) is 16.4. The highest BCUT2D eigenvalue weighted by Gasteiger charge is 2.21. The second-order valence-corrected chi connectivity index (χ2v) is 6.75. The number of hydrogen-bond acceptors (Lipinski definition) is 2. The molecule has 2 aromatic rings. The number of nitrogens with one attached hydrogen (secondary N) is 1. The summed E-state index contributed by atoms with van der Waals surface area (Å²) in [6, 6.07) is 15.3. The van der Waals surface area contributed by atoms with Crippen LogP contribution in [0.4, 0.5) is 16.2 Å². The number of hydrogen-bond donors (Lipinski definition) is 1. The maximum atomic E-state index is 12.3. The molecule has 1 saturated heterocycles. The Morgan fingerprint density at radius 3 is 2.48 bits per heavy atom. The molecule has 3 rings (SSSR count). The van der Waals surface area contributed by atoms with Crippen LogP contribution >= 0.6 is 27.5 Å². The van der Waals surface area contributed by atoms with Crippen molar-refractivity contribution in [3.05, 3.63) is 58.0 Å². The van der Waals surface area contributed by atoms with Crippen LogP contribution < -0.4 is 10.2 Å². The van der Waals surface area contributed by atoms with E-state index in [-0.39, 0.29) is 6.03 Å². The predicted molar refractivity (Wildman–Crippen MR) is 98.4 cm³/mol. The van der Waals surface area contributed by atoms with Gasteiger partial charge in [-0.3, -0.25) is 0 Å². The van der Waals surface area contributed by atoms with Crippen molar-refractivity contribution < 1.29 is 4.79 Å². The standard InChI is InChI=1S/C17H17BrClN3O/c18-13-3-1-6-16(11-13)21-7-9-22(10-8-21)17(23)20-15-5-2-4-14(19)12-15/h1-6,11-12H,7-10H2,(H,20,23).